The molecule has 104 valence electrons. The highest BCUT2D eigenvalue weighted by molar-refractivity contribution is 7.18. The lowest BCUT2D eigenvalue weighted by Crippen LogP contribution is -2.24. The normalized spacial score (nSPS) is 29.6. The Kier molecular flexibility index (Phi) is 3.41. The molecule has 3 unspecified atom stereocenters. The molecule has 0 radical (unpaired) electrons. The van der Waals surface area contributed by atoms with Crippen LogP contribution in [0.25, 0.3) is 0 Å². The minimum Gasteiger partial charge on any atom is -0.465 e. The van der Waals surface area contributed by atoms with Gasteiger partial charge in [0, 0.05) is 19.0 Å². The highest BCUT2D eigenvalue weighted by Crippen LogP contribution is 2.41. The summed E-state index contributed by atoms with van der Waals surface area (Å²) in [6.07, 6.45) is 1.76. The fourth-order valence-corrected chi connectivity index (χ4v) is 4.25. The number of esters is 1. The molecular formula is C12H15ClN2O3S. The summed E-state index contributed by atoms with van der Waals surface area (Å²) >= 11 is 7.22. The number of fused-ring (bicyclic) bond motifs is 1. The zero-order valence-electron chi connectivity index (χ0n) is 10.5. The molecule has 3 rings (SSSR count). The highest BCUT2D eigenvalue weighted by Gasteiger charge is 2.42. The molecule has 5 nitrogen and oxygen atoms in total. The van der Waals surface area contributed by atoms with Crippen LogP contribution in [0.3, 0.4) is 0 Å². The fraction of sp³-hybridized carbons (Fsp3) is 0.667. The van der Waals surface area contributed by atoms with Crippen LogP contribution >= 0.6 is 22.9 Å². The van der Waals surface area contributed by atoms with Crippen molar-refractivity contribution < 1.29 is 14.6 Å². The van der Waals surface area contributed by atoms with E-state index in [0.717, 1.165) is 31.1 Å². The van der Waals surface area contributed by atoms with Gasteiger partial charge in [0.25, 0.3) is 0 Å². The second-order valence-electron chi connectivity index (χ2n) is 5.08. The SMILES string of the molecule is COC(=O)c1sc(N2CC3CCC(O)C3C2)nc1Cl. The minimum atomic E-state index is -0.451. The lowest BCUT2D eigenvalue weighted by atomic mass is 10.00. The quantitative estimate of drug-likeness (QED) is 0.844. The number of aliphatic hydroxyl groups excluding tert-OH is 1. The van der Waals surface area contributed by atoms with E-state index in [9.17, 15) is 9.90 Å². The number of hydrogen-bond donors (Lipinski definition) is 1. The Hall–Kier alpha value is -0.850. The molecule has 19 heavy (non-hydrogen) atoms. The van der Waals surface area contributed by atoms with Crippen LogP contribution in [0.15, 0.2) is 0 Å². The first kappa shape index (κ1) is 13.1. The lowest BCUT2D eigenvalue weighted by Gasteiger charge is -2.16. The number of nitrogens with zero attached hydrogens (tertiary/aromatic N) is 2. The third kappa shape index (κ3) is 2.22. The third-order valence-corrected chi connectivity index (χ3v) is 5.52. The monoisotopic (exact) mass is 302 g/mol. The maximum Gasteiger partial charge on any atom is 0.351 e. The van der Waals surface area contributed by atoms with Crippen molar-refractivity contribution in [2.24, 2.45) is 11.8 Å². The van der Waals surface area contributed by atoms with Gasteiger partial charge in [-0.25, -0.2) is 9.78 Å². The van der Waals surface area contributed by atoms with Crippen LogP contribution in [0.5, 0.6) is 0 Å². The standard InChI is InChI=1S/C12H15ClN2O3S/c1-18-11(17)9-10(13)14-12(19-9)15-4-6-2-3-8(16)7(6)5-15/h6-8,16H,2-5H2,1H3. The number of anilines is 1. The molecule has 2 aliphatic rings. The molecule has 0 bridgehead atoms. The Morgan fingerprint density at radius 3 is 3.00 bits per heavy atom. The van der Waals surface area contributed by atoms with Gasteiger partial charge in [-0.05, 0) is 18.8 Å². The van der Waals surface area contributed by atoms with E-state index >= 15 is 0 Å². The largest absolute Gasteiger partial charge is 0.465 e. The topological polar surface area (TPSA) is 62.7 Å². The summed E-state index contributed by atoms with van der Waals surface area (Å²) in [6, 6.07) is 0. The van der Waals surface area contributed by atoms with Crippen LogP contribution in [0.1, 0.15) is 22.5 Å². The molecule has 1 aromatic heterocycles. The summed E-state index contributed by atoms with van der Waals surface area (Å²) in [7, 11) is 1.33. The van der Waals surface area contributed by atoms with E-state index in [1.54, 1.807) is 0 Å². The van der Waals surface area contributed by atoms with Gasteiger partial charge < -0.3 is 14.7 Å². The van der Waals surface area contributed by atoms with Crippen LogP contribution in [-0.2, 0) is 4.74 Å². The molecule has 1 saturated carbocycles. The molecule has 2 heterocycles. The van der Waals surface area contributed by atoms with Crippen molar-refractivity contribution in [2.75, 3.05) is 25.1 Å². The number of rotatable bonds is 2. The lowest BCUT2D eigenvalue weighted by molar-refractivity contribution is 0.0606. The third-order valence-electron chi connectivity index (χ3n) is 4.03. The van der Waals surface area contributed by atoms with Crippen molar-refractivity contribution in [2.45, 2.75) is 18.9 Å². The van der Waals surface area contributed by atoms with Crippen molar-refractivity contribution >= 4 is 34.0 Å². The molecule has 1 aliphatic heterocycles. The molecule has 0 amide bonds. The summed E-state index contributed by atoms with van der Waals surface area (Å²) < 4.78 is 4.67. The first-order valence-electron chi connectivity index (χ1n) is 6.27. The van der Waals surface area contributed by atoms with Crippen LogP contribution in [0.4, 0.5) is 5.13 Å². The van der Waals surface area contributed by atoms with Crippen molar-refractivity contribution in [3.63, 3.8) is 0 Å². The molecule has 0 spiro atoms. The van der Waals surface area contributed by atoms with Crippen LogP contribution < -0.4 is 4.90 Å². The van der Waals surface area contributed by atoms with Crippen LogP contribution in [0.2, 0.25) is 5.15 Å². The van der Waals surface area contributed by atoms with Crippen molar-refractivity contribution in [3.8, 4) is 0 Å². The van der Waals surface area contributed by atoms with E-state index in [-0.39, 0.29) is 11.3 Å². The maximum atomic E-state index is 11.5. The molecule has 3 atom stereocenters. The zero-order valence-corrected chi connectivity index (χ0v) is 12.1. The summed E-state index contributed by atoms with van der Waals surface area (Å²) in [6.45, 7) is 1.67. The Labute approximate surface area is 120 Å². The number of ether oxygens (including phenoxy) is 1. The average molecular weight is 303 g/mol. The summed E-state index contributed by atoms with van der Waals surface area (Å²) in [5.41, 5.74) is 0. The van der Waals surface area contributed by atoms with E-state index in [1.165, 1.54) is 18.4 Å². The van der Waals surface area contributed by atoms with E-state index in [1.807, 2.05) is 0 Å². The van der Waals surface area contributed by atoms with E-state index in [2.05, 4.69) is 14.6 Å². The smallest absolute Gasteiger partial charge is 0.351 e. The van der Waals surface area contributed by atoms with Gasteiger partial charge in [0.05, 0.1) is 13.2 Å². The van der Waals surface area contributed by atoms with Gasteiger partial charge in [-0.1, -0.05) is 22.9 Å². The van der Waals surface area contributed by atoms with Crippen molar-refractivity contribution in [3.05, 3.63) is 10.0 Å². The first-order chi connectivity index (χ1) is 9.10. The molecule has 0 aromatic carbocycles. The van der Waals surface area contributed by atoms with Gasteiger partial charge in [0.15, 0.2) is 15.2 Å². The Morgan fingerprint density at radius 1 is 1.53 bits per heavy atom. The minimum absolute atomic E-state index is 0.199. The van der Waals surface area contributed by atoms with Crippen molar-refractivity contribution in [1.82, 2.24) is 4.98 Å². The second kappa shape index (κ2) is 4.92. The predicted molar refractivity (Wildman–Crippen MR) is 72.9 cm³/mol. The Bertz CT molecular complexity index is 507. The Morgan fingerprint density at radius 2 is 2.32 bits per heavy atom. The van der Waals surface area contributed by atoms with E-state index < -0.39 is 5.97 Å². The number of aromatic nitrogens is 1. The number of thiazole rings is 1. The van der Waals surface area contributed by atoms with Gasteiger partial charge >= 0.3 is 5.97 Å². The number of carbonyl (C=O) groups excluding carboxylic acids is 1. The predicted octanol–water partition coefficient (Wildman–Crippen LogP) is 1.79. The van der Waals surface area contributed by atoms with Crippen LogP contribution in [-0.4, -0.2) is 42.4 Å². The second-order valence-corrected chi connectivity index (χ2v) is 6.42. The van der Waals surface area contributed by atoms with Gasteiger partial charge in [0.2, 0.25) is 0 Å². The molecule has 1 N–H and O–H groups in total. The number of methoxy groups -OCH3 is 1. The zero-order chi connectivity index (χ0) is 13.6. The summed E-state index contributed by atoms with van der Waals surface area (Å²) in [5, 5.41) is 10.8. The number of aliphatic hydroxyl groups is 1. The number of halogens is 1. The molecule has 7 heteroatoms. The highest BCUT2D eigenvalue weighted by atomic mass is 35.5. The van der Waals surface area contributed by atoms with Crippen molar-refractivity contribution in [1.29, 1.82) is 0 Å². The van der Waals surface area contributed by atoms with E-state index in [4.69, 9.17) is 11.6 Å². The molecule has 1 saturated heterocycles. The van der Waals surface area contributed by atoms with Gasteiger partial charge in [-0.3, -0.25) is 0 Å². The fourth-order valence-electron chi connectivity index (χ4n) is 3.04. The van der Waals surface area contributed by atoms with Gasteiger partial charge in [-0.2, -0.15) is 0 Å². The number of hydrogen-bond acceptors (Lipinski definition) is 6. The van der Waals surface area contributed by atoms with Crippen LogP contribution in [0, 0.1) is 11.8 Å². The van der Waals surface area contributed by atoms with E-state index in [0.29, 0.717) is 16.7 Å². The number of carbonyl (C=O) groups is 1. The summed E-state index contributed by atoms with van der Waals surface area (Å²) in [5.74, 6) is 0.400. The summed E-state index contributed by atoms with van der Waals surface area (Å²) in [4.78, 5) is 18.2. The Balaban J connectivity index is 1.79. The first-order valence-corrected chi connectivity index (χ1v) is 7.47. The molecule has 1 aromatic rings. The van der Waals surface area contributed by atoms with Gasteiger partial charge in [0.1, 0.15) is 0 Å². The maximum absolute atomic E-state index is 11.5. The molecule has 1 aliphatic carbocycles. The molecule has 2 fully saturated rings. The van der Waals surface area contributed by atoms with Gasteiger partial charge in [-0.15, -0.1) is 0 Å². The average Bonchev–Trinajstić information content (AvgIpc) is 3.05. The molecular weight excluding hydrogens is 288 g/mol.